The number of halogens is 2. The predicted molar refractivity (Wildman–Crippen MR) is 110 cm³/mol. The number of esters is 2. The minimum Gasteiger partial charge on any atom is -0.480 e. The smallest absolute Gasteiger partial charge is 0.345 e. The van der Waals surface area contributed by atoms with Crippen LogP contribution < -0.4 is 4.74 Å². The maximum absolute atomic E-state index is 12.4. The Morgan fingerprint density at radius 2 is 1.90 bits per heavy atom. The van der Waals surface area contributed by atoms with E-state index in [1.54, 1.807) is 6.92 Å². The monoisotopic (exact) mass is 453 g/mol. The van der Waals surface area contributed by atoms with E-state index in [0.717, 1.165) is 0 Å². The topological polar surface area (TPSA) is 105 Å². The second kappa shape index (κ2) is 10.6. The minimum atomic E-state index is -1.44. The normalized spacial score (nSPS) is 11.3. The SMILES string of the molecule is C=C(C(=O)OCC)C(OC(=O)COc1ccc(Cl)cc1Cl)c1ccccc1[N+](=O)[O-]. The molecule has 0 aliphatic carbocycles. The van der Waals surface area contributed by atoms with Crippen molar-refractivity contribution < 1.29 is 28.7 Å². The van der Waals surface area contributed by atoms with Crippen molar-refractivity contribution in [2.24, 2.45) is 0 Å². The lowest BCUT2D eigenvalue weighted by Gasteiger charge is -2.20. The first-order valence-corrected chi connectivity index (χ1v) is 9.36. The van der Waals surface area contributed by atoms with Gasteiger partial charge in [0.05, 0.1) is 27.7 Å². The first-order valence-electron chi connectivity index (χ1n) is 8.61. The second-order valence-electron chi connectivity index (χ2n) is 5.79. The minimum absolute atomic E-state index is 0.0292. The van der Waals surface area contributed by atoms with Crippen molar-refractivity contribution in [3.05, 3.63) is 80.3 Å². The van der Waals surface area contributed by atoms with E-state index < -0.39 is 29.6 Å². The van der Waals surface area contributed by atoms with Gasteiger partial charge in [-0.3, -0.25) is 10.1 Å². The molecule has 1 atom stereocenters. The average Bonchev–Trinajstić information content (AvgIpc) is 2.71. The average molecular weight is 454 g/mol. The van der Waals surface area contributed by atoms with Gasteiger partial charge in [0.25, 0.3) is 5.69 Å². The van der Waals surface area contributed by atoms with Crippen molar-refractivity contribution in [2.45, 2.75) is 13.0 Å². The molecular weight excluding hydrogens is 437 g/mol. The van der Waals surface area contributed by atoms with Gasteiger partial charge in [0.1, 0.15) is 5.75 Å². The summed E-state index contributed by atoms with van der Waals surface area (Å²) in [6.45, 7) is 4.65. The number of nitro groups is 1. The van der Waals surface area contributed by atoms with Crippen LogP contribution in [0.15, 0.2) is 54.6 Å². The van der Waals surface area contributed by atoms with E-state index in [9.17, 15) is 19.7 Å². The molecule has 0 spiro atoms. The third kappa shape index (κ3) is 5.95. The molecule has 10 heteroatoms. The molecule has 0 aliphatic heterocycles. The molecule has 0 fully saturated rings. The lowest BCUT2D eigenvalue weighted by molar-refractivity contribution is -0.386. The standard InChI is InChI=1S/C20H17Cl2NO7/c1-3-28-20(25)12(2)19(14-6-4-5-7-16(14)23(26)27)30-18(24)11-29-17-9-8-13(21)10-15(17)22/h4-10,19H,2-3,11H2,1H3. The van der Waals surface area contributed by atoms with Crippen LogP contribution in [0, 0.1) is 10.1 Å². The molecule has 0 bridgehead atoms. The van der Waals surface area contributed by atoms with Gasteiger partial charge in [-0.2, -0.15) is 0 Å². The number of rotatable bonds is 9. The molecule has 0 aliphatic rings. The van der Waals surface area contributed by atoms with Crippen molar-refractivity contribution in [3.63, 3.8) is 0 Å². The van der Waals surface area contributed by atoms with Gasteiger partial charge in [0, 0.05) is 11.1 Å². The van der Waals surface area contributed by atoms with Gasteiger partial charge in [-0.25, -0.2) is 9.59 Å². The van der Waals surface area contributed by atoms with Crippen molar-refractivity contribution in [3.8, 4) is 5.75 Å². The predicted octanol–water partition coefficient (Wildman–Crippen LogP) is 4.68. The van der Waals surface area contributed by atoms with Crippen LogP contribution in [0.25, 0.3) is 0 Å². The highest BCUT2D eigenvalue weighted by Crippen LogP contribution is 2.33. The Hall–Kier alpha value is -3.10. The third-order valence-electron chi connectivity index (χ3n) is 3.76. The molecule has 0 N–H and O–H groups in total. The van der Waals surface area contributed by atoms with E-state index in [1.165, 1.54) is 42.5 Å². The quantitative estimate of drug-likeness (QED) is 0.234. The molecule has 0 amide bonds. The molecule has 0 aromatic heterocycles. The van der Waals surface area contributed by atoms with E-state index in [-0.39, 0.29) is 34.2 Å². The molecule has 8 nitrogen and oxygen atoms in total. The molecule has 0 radical (unpaired) electrons. The third-order valence-corrected chi connectivity index (χ3v) is 4.29. The maximum Gasteiger partial charge on any atom is 0.345 e. The lowest BCUT2D eigenvalue weighted by atomic mass is 10.0. The summed E-state index contributed by atoms with van der Waals surface area (Å²) in [4.78, 5) is 35.2. The summed E-state index contributed by atoms with van der Waals surface area (Å²) in [6.07, 6.45) is -1.44. The van der Waals surface area contributed by atoms with Crippen LogP contribution in [0.4, 0.5) is 5.69 Å². The summed E-state index contributed by atoms with van der Waals surface area (Å²) in [7, 11) is 0. The Kier molecular flexibility index (Phi) is 8.20. The van der Waals surface area contributed by atoms with E-state index >= 15 is 0 Å². The van der Waals surface area contributed by atoms with Crippen LogP contribution in [-0.4, -0.2) is 30.1 Å². The van der Waals surface area contributed by atoms with Crippen LogP contribution in [0.3, 0.4) is 0 Å². The summed E-state index contributed by atoms with van der Waals surface area (Å²) < 4.78 is 15.5. The van der Waals surface area contributed by atoms with E-state index in [4.69, 9.17) is 37.4 Å². The van der Waals surface area contributed by atoms with Crippen molar-refractivity contribution in [1.29, 1.82) is 0 Å². The maximum atomic E-state index is 12.4. The summed E-state index contributed by atoms with van der Waals surface area (Å²) in [5.74, 6) is -1.57. The van der Waals surface area contributed by atoms with Gasteiger partial charge in [-0.1, -0.05) is 41.9 Å². The number of carbonyl (C=O) groups is 2. The highest BCUT2D eigenvalue weighted by atomic mass is 35.5. The molecular formula is C20H17Cl2NO7. The highest BCUT2D eigenvalue weighted by Gasteiger charge is 2.31. The van der Waals surface area contributed by atoms with E-state index in [2.05, 4.69) is 6.58 Å². The van der Waals surface area contributed by atoms with E-state index in [0.29, 0.717) is 5.02 Å². The zero-order valence-corrected chi connectivity index (χ0v) is 17.3. The van der Waals surface area contributed by atoms with Gasteiger partial charge in [0.15, 0.2) is 12.7 Å². The fourth-order valence-electron chi connectivity index (χ4n) is 2.42. The van der Waals surface area contributed by atoms with Crippen LogP contribution in [0.1, 0.15) is 18.6 Å². The lowest BCUT2D eigenvalue weighted by Crippen LogP contribution is -2.23. The Bertz CT molecular complexity index is 977. The van der Waals surface area contributed by atoms with Crippen LogP contribution in [-0.2, 0) is 19.1 Å². The zero-order valence-electron chi connectivity index (χ0n) is 15.8. The van der Waals surface area contributed by atoms with Gasteiger partial charge in [-0.15, -0.1) is 0 Å². The first-order chi connectivity index (χ1) is 14.2. The largest absolute Gasteiger partial charge is 0.480 e. The number of nitro benzene ring substituents is 1. The van der Waals surface area contributed by atoms with Crippen LogP contribution >= 0.6 is 23.2 Å². The first kappa shape index (κ1) is 23.2. The molecule has 2 aromatic rings. The molecule has 2 rings (SSSR count). The van der Waals surface area contributed by atoms with Gasteiger partial charge in [-0.05, 0) is 31.2 Å². The Labute approximate surface area is 182 Å². The number of hydrogen-bond acceptors (Lipinski definition) is 7. The summed E-state index contributed by atoms with van der Waals surface area (Å²) >= 11 is 11.8. The van der Waals surface area contributed by atoms with Crippen LogP contribution in [0.2, 0.25) is 10.0 Å². The summed E-state index contributed by atoms with van der Waals surface area (Å²) in [6, 6.07) is 9.95. The summed E-state index contributed by atoms with van der Waals surface area (Å²) in [5.41, 5.74) is -0.648. The number of nitrogens with zero attached hydrogens (tertiary/aromatic N) is 1. The molecule has 0 saturated carbocycles. The molecule has 158 valence electrons. The fourth-order valence-corrected chi connectivity index (χ4v) is 2.89. The van der Waals surface area contributed by atoms with Crippen molar-refractivity contribution >= 4 is 40.8 Å². The van der Waals surface area contributed by atoms with Crippen molar-refractivity contribution in [2.75, 3.05) is 13.2 Å². The fraction of sp³-hybridized carbons (Fsp3) is 0.200. The molecule has 0 saturated heterocycles. The number of para-hydroxylation sites is 1. The van der Waals surface area contributed by atoms with Gasteiger partial charge >= 0.3 is 11.9 Å². The second-order valence-corrected chi connectivity index (χ2v) is 6.64. The number of benzene rings is 2. The zero-order chi connectivity index (χ0) is 22.3. The van der Waals surface area contributed by atoms with Gasteiger partial charge < -0.3 is 14.2 Å². The Morgan fingerprint density at radius 3 is 2.53 bits per heavy atom. The highest BCUT2D eigenvalue weighted by molar-refractivity contribution is 6.35. The van der Waals surface area contributed by atoms with Crippen molar-refractivity contribution in [1.82, 2.24) is 0 Å². The molecule has 30 heavy (non-hydrogen) atoms. The molecule has 0 heterocycles. The van der Waals surface area contributed by atoms with Gasteiger partial charge in [0.2, 0.25) is 0 Å². The molecule has 2 aromatic carbocycles. The summed E-state index contributed by atoms with van der Waals surface area (Å²) in [5, 5.41) is 11.9. The number of hydrogen-bond donors (Lipinski definition) is 0. The Morgan fingerprint density at radius 1 is 1.20 bits per heavy atom. The number of ether oxygens (including phenoxy) is 3. The van der Waals surface area contributed by atoms with E-state index in [1.807, 2.05) is 0 Å². The number of carbonyl (C=O) groups excluding carboxylic acids is 2. The van der Waals surface area contributed by atoms with Crippen LogP contribution in [0.5, 0.6) is 5.75 Å². The molecule has 1 unspecified atom stereocenters. The Balaban J connectivity index is 2.24.